The lowest BCUT2D eigenvalue weighted by Gasteiger charge is -2.21. The molecule has 0 amide bonds. The Morgan fingerprint density at radius 3 is 2.26 bits per heavy atom. The summed E-state index contributed by atoms with van der Waals surface area (Å²) in [7, 11) is 0. The fourth-order valence-electron chi connectivity index (χ4n) is 1.67. The Kier molecular flexibility index (Phi) is 5.38. The van der Waals surface area contributed by atoms with Crippen molar-refractivity contribution in [2.45, 2.75) is 46.8 Å². The second kappa shape index (κ2) is 6.58. The highest BCUT2D eigenvalue weighted by Gasteiger charge is 2.17. The molecule has 1 rings (SSSR count). The molecule has 19 heavy (non-hydrogen) atoms. The molecule has 0 aliphatic heterocycles. The minimum absolute atomic E-state index is 0.192. The van der Waals surface area contributed by atoms with Gasteiger partial charge in [0.1, 0.15) is 5.75 Å². The Morgan fingerprint density at radius 1 is 1.21 bits per heavy atom. The van der Waals surface area contributed by atoms with Crippen molar-refractivity contribution in [2.24, 2.45) is 5.41 Å². The summed E-state index contributed by atoms with van der Waals surface area (Å²) in [5.41, 5.74) is 0.861. The molecule has 0 aromatic heterocycles. The van der Waals surface area contributed by atoms with Crippen molar-refractivity contribution in [3.05, 3.63) is 29.8 Å². The van der Waals surface area contributed by atoms with E-state index in [0.29, 0.717) is 6.54 Å². The Balaban J connectivity index is 2.58. The maximum Gasteiger partial charge on any atom is 0.119 e. The van der Waals surface area contributed by atoms with Gasteiger partial charge >= 0.3 is 0 Å². The molecule has 0 bridgehead atoms. The Morgan fingerprint density at radius 2 is 1.79 bits per heavy atom. The first-order valence-corrected chi connectivity index (χ1v) is 6.75. The smallest absolute Gasteiger partial charge is 0.119 e. The minimum Gasteiger partial charge on any atom is -0.491 e. The van der Waals surface area contributed by atoms with Crippen molar-refractivity contribution >= 4 is 0 Å². The SMILES string of the molecule is CC(C)Oc1ccc(C(C)NCC(C)(C)C#N)cc1. The van der Waals surface area contributed by atoms with Gasteiger partial charge in [-0.05, 0) is 52.3 Å². The molecule has 3 nitrogen and oxygen atoms in total. The molecule has 0 radical (unpaired) electrons. The fourth-order valence-corrected chi connectivity index (χ4v) is 1.67. The van der Waals surface area contributed by atoms with E-state index in [1.54, 1.807) is 0 Å². The standard InChI is InChI=1S/C16H24N2O/c1-12(2)19-15-8-6-14(7-9-15)13(3)18-11-16(4,5)10-17/h6-9,12-13,18H,11H2,1-5H3. The summed E-state index contributed by atoms with van der Waals surface area (Å²) >= 11 is 0. The number of nitrogens with zero attached hydrogens (tertiary/aromatic N) is 1. The summed E-state index contributed by atoms with van der Waals surface area (Å²) in [6.45, 7) is 10.7. The molecule has 0 fully saturated rings. The van der Waals surface area contributed by atoms with Crippen LogP contribution in [0.5, 0.6) is 5.75 Å². The van der Waals surface area contributed by atoms with E-state index < -0.39 is 0 Å². The van der Waals surface area contributed by atoms with Gasteiger partial charge in [0.25, 0.3) is 0 Å². The number of hydrogen-bond acceptors (Lipinski definition) is 3. The number of nitriles is 1. The third-order valence-corrected chi connectivity index (χ3v) is 2.90. The van der Waals surface area contributed by atoms with Crippen LogP contribution in [-0.2, 0) is 0 Å². The molecule has 1 atom stereocenters. The van der Waals surface area contributed by atoms with Gasteiger partial charge in [-0.2, -0.15) is 5.26 Å². The van der Waals surface area contributed by atoms with Crippen LogP contribution in [0.1, 0.15) is 46.2 Å². The van der Waals surface area contributed by atoms with Gasteiger partial charge in [-0.15, -0.1) is 0 Å². The van der Waals surface area contributed by atoms with Gasteiger partial charge in [0.15, 0.2) is 0 Å². The second-order valence-electron chi connectivity index (χ2n) is 5.83. The van der Waals surface area contributed by atoms with Crippen LogP contribution < -0.4 is 10.1 Å². The van der Waals surface area contributed by atoms with E-state index >= 15 is 0 Å². The lowest BCUT2D eigenvalue weighted by Crippen LogP contribution is -2.30. The summed E-state index contributed by atoms with van der Waals surface area (Å²) in [4.78, 5) is 0. The molecule has 0 spiro atoms. The van der Waals surface area contributed by atoms with Crippen LogP contribution in [0, 0.1) is 16.7 Å². The lowest BCUT2D eigenvalue weighted by molar-refractivity contribution is 0.242. The molecule has 1 unspecified atom stereocenters. The Labute approximate surface area is 116 Å². The average Bonchev–Trinajstić information content (AvgIpc) is 2.36. The van der Waals surface area contributed by atoms with Gasteiger partial charge in [0, 0.05) is 12.6 Å². The van der Waals surface area contributed by atoms with Crippen molar-refractivity contribution in [2.75, 3.05) is 6.54 Å². The van der Waals surface area contributed by atoms with Crippen LogP contribution in [0.4, 0.5) is 0 Å². The van der Waals surface area contributed by atoms with Crippen LogP contribution in [0.3, 0.4) is 0 Å². The van der Waals surface area contributed by atoms with E-state index in [9.17, 15) is 0 Å². The largest absolute Gasteiger partial charge is 0.491 e. The zero-order chi connectivity index (χ0) is 14.5. The second-order valence-corrected chi connectivity index (χ2v) is 5.83. The normalized spacial score (nSPS) is 13.1. The van der Waals surface area contributed by atoms with Crippen molar-refractivity contribution < 1.29 is 4.74 Å². The first-order chi connectivity index (χ1) is 8.84. The predicted molar refractivity (Wildman–Crippen MR) is 78.0 cm³/mol. The van der Waals surface area contributed by atoms with Crippen LogP contribution in [0.2, 0.25) is 0 Å². The lowest BCUT2D eigenvalue weighted by atomic mass is 9.95. The van der Waals surface area contributed by atoms with Crippen LogP contribution in [0.25, 0.3) is 0 Å². The van der Waals surface area contributed by atoms with E-state index in [2.05, 4.69) is 30.4 Å². The first-order valence-electron chi connectivity index (χ1n) is 6.75. The molecule has 1 N–H and O–H groups in total. The van der Waals surface area contributed by atoms with Crippen molar-refractivity contribution in [1.82, 2.24) is 5.32 Å². The van der Waals surface area contributed by atoms with Crippen molar-refractivity contribution in [3.8, 4) is 11.8 Å². The van der Waals surface area contributed by atoms with E-state index in [0.717, 1.165) is 5.75 Å². The number of hydrogen-bond donors (Lipinski definition) is 1. The van der Waals surface area contributed by atoms with E-state index in [1.165, 1.54) is 5.56 Å². The maximum absolute atomic E-state index is 8.99. The third kappa shape index (κ3) is 5.32. The number of nitrogens with one attached hydrogen (secondary N) is 1. The maximum atomic E-state index is 8.99. The number of rotatable bonds is 6. The topological polar surface area (TPSA) is 45.0 Å². The summed E-state index contributed by atoms with van der Waals surface area (Å²) in [5, 5.41) is 12.4. The zero-order valence-corrected chi connectivity index (χ0v) is 12.5. The van der Waals surface area contributed by atoms with Crippen molar-refractivity contribution in [1.29, 1.82) is 5.26 Å². The van der Waals surface area contributed by atoms with Gasteiger partial charge < -0.3 is 10.1 Å². The van der Waals surface area contributed by atoms with E-state index in [-0.39, 0.29) is 17.6 Å². The summed E-state index contributed by atoms with van der Waals surface area (Å²) < 4.78 is 5.62. The minimum atomic E-state index is -0.338. The Hall–Kier alpha value is -1.53. The zero-order valence-electron chi connectivity index (χ0n) is 12.5. The highest BCUT2D eigenvalue weighted by molar-refractivity contribution is 5.29. The number of ether oxygens (including phenoxy) is 1. The highest BCUT2D eigenvalue weighted by atomic mass is 16.5. The molecule has 0 aliphatic rings. The predicted octanol–water partition coefficient (Wildman–Crippen LogP) is 3.67. The van der Waals surface area contributed by atoms with Crippen molar-refractivity contribution in [3.63, 3.8) is 0 Å². The van der Waals surface area contributed by atoms with Crippen LogP contribution >= 0.6 is 0 Å². The van der Waals surface area contributed by atoms with E-state index in [1.807, 2.05) is 39.8 Å². The summed E-state index contributed by atoms with van der Waals surface area (Å²) in [5.74, 6) is 0.892. The molecule has 3 heteroatoms. The number of benzene rings is 1. The van der Waals surface area contributed by atoms with Crippen LogP contribution in [0.15, 0.2) is 24.3 Å². The summed E-state index contributed by atoms with van der Waals surface area (Å²) in [6, 6.07) is 10.6. The van der Waals surface area contributed by atoms with Crippen LogP contribution in [-0.4, -0.2) is 12.6 Å². The molecule has 104 valence electrons. The van der Waals surface area contributed by atoms with Gasteiger partial charge in [-0.1, -0.05) is 12.1 Å². The molecule has 1 aromatic carbocycles. The van der Waals surface area contributed by atoms with Gasteiger partial charge in [-0.25, -0.2) is 0 Å². The molecule has 0 aliphatic carbocycles. The van der Waals surface area contributed by atoms with Gasteiger partial charge in [0.2, 0.25) is 0 Å². The molecule has 1 aromatic rings. The molecular formula is C16H24N2O. The molecular weight excluding hydrogens is 236 g/mol. The molecule has 0 saturated carbocycles. The molecule has 0 heterocycles. The first kappa shape index (κ1) is 15.5. The quantitative estimate of drug-likeness (QED) is 0.848. The third-order valence-electron chi connectivity index (χ3n) is 2.90. The molecule has 0 saturated heterocycles. The van der Waals surface area contributed by atoms with Gasteiger partial charge in [0.05, 0.1) is 17.6 Å². The fraction of sp³-hybridized carbons (Fsp3) is 0.562. The summed E-state index contributed by atoms with van der Waals surface area (Å²) in [6.07, 6.45) is 0.192. The highest BCUT2D eigenvalue weighted by Crippen LogP contribution is 2.20. The average molecular weight is 260 g/mol. The van der Waals surface area contributed by atoms with E-state index in [4.69, 9.17) is 10.00 Å². The Bertz CT molecular complexity index is 429. The monoisotopic (exact) mass is 260 g/mol. The van der Waals surface area contributed by atoms with Gasteiger partial charge in [-0.3, -0.25) is 0 Å².